The third-order valence-corrected chi connectivity index (χ3v) is 5.68. The van der Waals surface area contributed by atoms with Gasteiger partial charge in [-0.25, -0.2) is 0 Å². The quantitative estimate of drug-likeness (QED) is 0.929. The molecule has 1 aliphatic rings. The van der Waals surface area contributed by atoms with Crippen LogP contribution in [0.2, 0.25) is 0 Å². The van der Waals surface area contributed by atoms with E-state index in [0.717, 1.165) is 11.1 Å². The molecule has 23 heavy (non-hydrogen) atoms. The van der Waals surface area contributed by atoms with Gasteiger partial charge in [0.15, 0.2) is 17.3 Å². The average Bonchev–Trinajstić information content (AvgIpc) is 2.57. The topological polar surface area (TPSA) is 55.8 Å². The molecule has 0 fully saturated rings. The first-order valence-electron chi connectivity index (χ1n) is 7.23. The molecule has 0 aliphatic carbocycles. The lowest BCUT2D eigenvalue weighted by atomic mass is 9.88. The number of aromatic hydroxyl groups is 1. The molecule has 0 saturated carbocycles. The summed E-state index contributed by atoms with van der Waals surface area (Å²) in [5.41, 5.74) is 2.42. The second kappa shape index (κ2) is 5.81. The number of Topliss-reactive ketones (excluding diaryl/α,β-unsaturated/α-hetero) is 1. The van der Waals surface area contributed by atoms with Gasteiger partial charge in [0, 0.05) is 16.9 Å². The number of ketones is 1. The molecule has 0 radical (unpaired) electrons. The normalized spacial score (nSPS) is 20.0. The second-order valence-electron chi connectivity index (χ2n) is 5.53. The zero-order valence-electron chi connectivity index (χ0n) is 13.3. The molecule has 0 amide bonds. The van der Waals surface area contributed by atoms with Crippen LogP contribution in [0.15, 0.2) is 36.4 Å². The molecule has 0 saturated heterocycles. The number of benzene rings is 2. The largest absolute Gasteiger partial charge is 0.508 e. The van der Waals surface area contributed by atoms with E-state index in [0.29, 0.717) is 22.8 Å². The van der Waals surface area contributed by atoms with E-state index in [-0.39, 0.29) is 11.5 Å². The van der Waals surface area contributed by atoms with E-state index in [1.54, 1.807) is 62.4 Å². The SMILES string of the molecule is COc1ccc2c(c1OC)CSC(C)(c1ccc(O)cc1)C2=O. The maximum atomic E-state index is 13.1. The average molecular weight is 330 g/mol. The van der Waals surface area contributed by atoms with Crippen molar-refractivity contribution in [1.82, 2.24) is 0 Å². The lowest BCUT2D eigenvalue weighted by Gasteiger charge is -2.34. The minimum atomic E-state index is -0.680. The van der Waals surface area contributed by atoms with Gasteiger partial charge in [0.2, 0.25) is 0 Å². The van der Waals surface area contributed by atoms with Gasteiger partial charge in [-0.3, -0.25) is 4.79 Å². The van der Waals surface area contributed by atoms with Crippen molar-refractivity contribution in [2.45, 2.75) is 17.4 Å². The second-order valence-corrected chi connectivity index (χ2v) is 6.92. The van der Waals surface area contributed by atoms with Crippen LogP contribution < -0.4 is 9.47 Å². The van der Waals surface area contributed by atoms with Crippen molar-refractivity contribution in [1.29, 1.82) is 0 Å². The van der Waals surface area contributed by atoms with E-state index >= 15 is 0 Å². The van der Waals surface area contributed by atoms with E-state index in [4.69, 9.17) is 9.47 Å². The van der Waals surface area contributed by atoms with Crippen LogP contribution in [0.5, 0.6) is 17.2 Å². The van der Waals surface area contributed by atoms with Gasteiger partial charge in [-0.15, -0.1) is 11.8 Å². The highest BCUT2D eigenvalue weighted by Crippen LogP contribution is 2.49. The van der Waals surface area contributed by atoms with Gasteiger partial charge in [-0.1, -0.05) is 12.1 Å². The number of hydrogen-bond donors (Lipinski definition) is 1. The Labute approximate surface area is 139 Å². The number of ether oxygens (including phenoxy) is 2. The molecule has 1 aliphatic heterocycles. The Morgan fingerprint density at radius 1 is 1.09 bits per heavy atom. The Kier molecular flexibility index (Phi) is 3.98. The Hall–Kier alpha value is -2.14. The first-order chi connectivity index (χ1) is 11.0. The number of phenols is 1. The van der Waals surface area contributed by atoms with Crippen molar-refractivity contribution >= 4 is 17.5 Å². The number of methoxy groups -OCH3 is 2. The Morgan fingerprint density at radius 2 is 1.78 bits per heavy atom. The van der Waals surface area contributed by atoms with Gasteiger partial charge < -0.3 is 14.6 Å². The number of hydrogen-bond acceptors (Lipinski definition) is 5. The summed E-state index contributed by atoms with van der Waals surface area (Å²) in [6, 6.07) is 10.4. The molecule has 3 rings (SSSR count). The molecular formula is C18H18O4S. The maximum absolute atomic E-state index is 13.1. The fraction of sp³-hybridized carbons (Fsp3) is 0.278. The summed E-state index contributed by atoms with van der Waals surface area (Å²) >= 11 is 1.56. The fourth-order valence-corrected chi connectivity index (χ4v) is 4.14. The fourth-order valence-electron chi connectivity index (χ4n) is 2.88. The third-order valence-electron chi connectivity index (χ3n) is 4.25. The van der Waals surface area contributed by atoms with Crippen LogP contribution in [0.25, 0.3) is 0 Å². The van der Waals surface area contributed by atoms with Crippen LogP contribution in [0, 0.1) is 0 Å². The number of phenolic OH excluding ortho intramolecular Hbond substituents is 1. The number of thioether (sulfide) groups is 1. The van der Waals surface area contributed by atoms with Gasteiger partial charge in [0.05, 0.1) is 14.2 Å². The van der Waals surface area contributed by atoms with Crippen LogP contribution in [-0.2, 0) is 10.5 Å². The first kappa shape index (κ1) is 15.7. The standard InChI is InChI=1S/C18H18O4S/c1-18(11-4-6-12(19)7-5-11)17(20)13-8-9-15(21-2)16(22-3)14(13)10-23-18/h4-9,19H,10H2,1-3H3. The summed E-state index contributed by atoms with van der Waals surface area (Å²) in [5, 5.41) is 9.47. The molecule has 5 heteroatoms. The van der Waals surface area contributed by atoms with Crippen molar-refractivity contribution in [3.05, 3.63) is 53.1 Å². The molecule has 1 atom stereocenters. The van der Waals surface area contributed by atoms with Crippen molar-refractivity contribution in [3.8, 4) is 17.2 Å². The Morgan fingerprint density at radius 3 is 2.39 bits per heavy atom. The molecule has 0 bridgehead atoms. The van der Waals surface area contributed by atoms with Crippen LogP contribution >= 0.6 is 11.8 Å². The number of fused-ring (bicyclic) bond motifs is 1. The Bertz CT molecular complexity index is 754. The van der Waals surface area contributed by atoms with E-state index in [1.165, 1.54) is 0 Å². The van der Waals surface area contributed by atoms with E-state index < -0.39 is 4.75 Å². The van der Waals surface area contributed by atoms with Gasteiger partial charge in [-0.05, 0) is 36.8 Å². The molecule has 1 unspecified atom stereocenters. The third kappa shape index (κ3) is 2.45. The minimum absolute atomic E-state index is 0.0374. The summed E-state index contributed by atoms with van der Waals surface area (Å²) in [5.74, 6) is 2.14. The molecule has 4 nitrogen and oxygen atoms in total. The molecule has 0 spiro atoms. The van der Waals surface area contributed by atoms with Crippen molar-refractivity contribution in [2.75, 3.05) is 14.2 Å². The highest BCUT2D eigenvalue weighted by atomic mass is 32.2. The van der Waals surface area contributed by atoms with Gasteiger partial charge >= 0.3 is 0 Å². The summed E-state index contributed by atoms with van der Waals surface area (Å²) in [6.07, 6.45) is 0. The van der Waals surface area contributed by atoms with Gasteiger partial charge in [-0.2, -0.15) is 0 Å². The monoisotopic (exact) mass is 330 g/mol. The predicted molar refractivity (Wildman–Crippen MR) is 90.6 cm³/mol. The van der Waals surface area contributed by atoms with Crippen LogP contribution in [0.1, 0.15) is 28.4 Å². The Balaban J connectivity index is 2.09. The summed E-state index contributed by atoms with van der Waals surface area (Å²) in [7, 11) is 3.17. The van der Waals surface area contributed by atoms with Gasteiger partial charge in [0.1, 0.15) is 10.5 Å². The molecule has 1 heterocycles. The molecule has 0 aromatic heterocycles. The van der Waals surface area contributed by atoms with E-state index in [9.17, 15) is 9.90 Å². The smallest absolute Gasteiger partial charge is 0.183 e. The summed E-state index contributed by atoms with van der Waals surface area (Å²) in [6.45, 7) is 1.92. The summed E-state index contributed by atoms with van der Waals surface area (Å²) < 4.78 is 10.1. The lowest BCUT2D eigenvalue weighted by molar-refractivity contribution is 0.0946. The molecule has 120 valence electrons. The number of carbonyl (C=O) groups excluding carboxylic acids is 1. The highest BCUT2D eigenvalue weighted by Gasteiger charge is 2.42. The van der Waals surface area contributed by atoms with E-state index in [2.05, 4.69) is 0 Å². The predicted octanol–water partition coefficient (Wildman–Crippen LogP) is 3.75. The molecule has 2 aromatic carbocycles. The summed E-state index contributed by atoms with van der Waals surface area (Å²) in [4.78, 5) is 13.1. The van der Waals surface area contributed by atoms with Crippen molar-refractivity contribution in [2.24, 2.45) is 0 Å². The zero-order chi connectivity index (χ0) is 16.6. The van der Waals surface area contributed by atoms with Crippen molar-refractivity contribution in [3.63, 3.8) is 0 Å². The maximum Gasteiger partial charge on any atom is 0.183 e. The van der Waals surface area contributed by atoms with Gasteiger partial charge in [0.25, 0.3) is 0 Å². The highest BCUT2D eigenvalue weighted by molar-refractivity contribution is 8.00. The molecule has 2 aromatic rings. The zero-order valence-corrected chi connectivity index (χ0v) is 14.1. The molecular weight excluding hydrogens is 312 g/mol. The minimum Gasteiger partial charge on any atom is -0.508 e. The first-order valence-corrected chi connectivity index (χ1v) is 8.22. The molecule has 1 N–H and O–H groups in total. The van der Waals surface area contributed by atoms with Crippen molar-refractivity contribution < 1.29 is 19.4 Å². The number of carbonyl (C=O) groups is 1. The van der Waals surface area contributed by atoms with E-state index in [1.807, 2.05) is 6.92 Å². The van der Waals surface area contributed by atoms with Crippen LogP contribution in [0.3, 0.4) is 0 Å². The number of rotatable bonds is 3. The lowest BCUT2D eigenvalue weighted by Crippen LogP contribution is -2.33. The van der Waals surface area contributed by atoms with Crippen LogP contribution in [0.4, 0.5) is 0 Å². The van der Waals surface area contributed by atoms with Crippen LogP contribution in [-0.4, -0.2) is 25.1 Å².